The van der Waals surface area contributed by atoms with E-state index in [0.29, 0.717) is 16.4 Å². The molecule has 2 aromatic rings. The number of amides is 2. The van der Waals surface area contributed by atoms with Crippen LogP contribution in [0.15, 0.2) is 36.4 Å². The Hall–Kier alpha value is -2.33. The van der Waals surface area contributed by atoms with Crippen LogP contribution in [0, 0.1) is 13.8 Å². The first-order valence-corrected chi connectivity index (χ1v) is 8.15. The molecule has 126 valence electrons. The van der Waals surface area contributed by atoms with Crippen LogP contribution in [-0.4, -0.2) is 11.8 Å². The van der Waals surface area contributed by atoms with Crippen molar-refractivity contribution in [2.45, 2.75) is 33.6 Å². The molecule has 0 aliphatic rings. The molecule has 0 heterocycles. The van der Waals surface area contributed by atoms with E-state index >= 15 is 0 Å². The van der Waals surface area contributed by atoms with E-state index in [1.165, 1.54) is 0 Å². The van der Waals surface area contributed by atoms with Gasteiger partial charge in [-0.25, -0.2) is 0 Å². The van der Waals surface area contributed by atoms with Crippen LogP contribution in [0.25, 0.3) is 0 Å². The molecule has 0 saturated carbocycles. The fourth-order valence-electron chi connectivity index (χ4n) is 2.54. The number of aryl methyl sites for hydroxylation is 2. The quantitative estimate of drug-likeness (QED) is 0.796. The maximum absolute atomic E-state index is 12.2. The average molecular weight is 345 g/mol. The van der Waals surface area contributed by atoms with Crippen LogP contribution >= 0.6 is 11.6 Å². The van der Waals surface area contributed by atoms with Crippen molar-refractivity contribution in [2.75, 3.05) is 10.6 Å². The number of rotatable bonds is 3. The van der Waals surface area contributed by atoms with Gasteiger partial charge in [-0.1, -0.05) is 49.7 Å². The standard InChI is InChI=1S/C19H21ClN2O2/c1-11(2)14-7-5-6-8-16(14)21-18(23)19(24)22-17-13(4)9-12(3)10-15(17)20/h5-11H,1-4H3,(H,21,23)(H,22,24). The van der Waals surface area contributed by atoms with Gasteiger partial charge in [-0.2, -0.15) is 0 Å². The minimum absolute atomic E-state index is 0.235. The summed E-state index contributed by atoms with van der Waals surface area (Å²) < 4.78 is 0. The normalized spacial score (nSPS) is 10.6. The van der Waals surface area contributed by atoms with Gasteiger partial charge in [0, 0.05) is 5.69 Å². The van der Waals surface area contributed by atoms with Crippen LogP contribution in [0.5, 0.6) is 0 Å². The zero-order valence-corrected chi connectivity index (χ0v) is 15.0. The fourth-order valence-corrected chi connectivity index (χ4v) is 2.91. The SMILES string of the molecule is Cc1cc(C)c(NC(=O)C(=O)Nc2ccccc2C(C)C)c(Cl)c1. The van der Waals surface area contributed by atoms with Crippen molar-refractivity contribution in [3.05, 3.63) is 58.1 Å². The highest BCUT2D eigenvalue weighted by Crippen LogP contribution is 2.27. The number of nitrogens with one attached hydrogen (secondary N) is 2. The predicted molar refractivity (Wildman–Crippen MR) is 98.7 cm³/mol. The Labute approximate surface area is 147 Å². The van der Waals surface area contributed by atoms with Crippen molar-refractivity contribution in [1.82, 2.24) is 0 Å². The first kappa shape index (κ1) is 18.0. The van der Waals surface area contributed by atoms with Crippen molar-refractivity contribution >= 4 is 34.8 Å². The minimum Gasteiger partial charge on any atom is -0.318 e. The molecule has 0 unspecified atom stereocenters. The molecular weight excluding hydrogens is 324 g/mol. The summed E-state index contributed by atoms with van der Waals surface area (Å²) in [5, 5.41) is 5.67. The number of benzene rings is 2. The van der Waals surface area contributed by atoms with E-state index in [-0.39, 0.29) is 5.92 Å². The second-order valence-electron chi connectivity index (χ2n) is 6.09. The van der Waals surface area contributed by atoms with E-state index in [1.54, 1.807) is 12.1 Å². The largest absolute Gasteiger partial charge is 0.318 e. The molecule has 24 heavy (non-hydrogen) atoms. The summed E-state index contributed by atoms with van der Waals surface area (Å²) >= 11 is 6.16. The Kier molecular flexibility index (Phi) is 5.62. The topological polar surface area (TPSA) is 58.2 Å². The maximum atomic E-state index is 12.2. The Balaban J connectivity index is 2.16. The number of hydrogen-bond acceptors (Lipinski definition) is 2. The molecule has 0 fully saturated rings. The van der Waals surface area contributed by atoms with Crippen LogP contribution in [-0.2, 0) is 9.59 Å². The molecule has 2 N–H and O–H groups in total. The second kappa shape index (κ2) is 7.49. The van der Waals surface area contributed by atoms with Gasteiger partial charge >= 0.3 is 11.8 Å². The number of para-hydroxylation sites is 1. The zero-order valence-electron chi connectivity index (χ0n) is 14.2. The van der Waals surface area contributed by atoms with E-state index < -0.39 is 11.8 Å². The van der Waals surface area contributed by atoms with E-state index in [0.717, 1.165) is 16.7 Å². The van der Waals surface area contributed by atoms with Crippen LogP contribution in [0.2, 0.25) is 5.02 Å². The van der Waals surface area contributed by atoms with Crippen LogP contribution in [0.3, 0.4) is 0 Å². The van der Waals surface area contributed by atoms with E-state index in [4.69, 9.17) is 11.6 Å². The van der Waals surface area contributed by atoms with Gasteiger partial charge in [-0.15, -0.1) is 0 Å². The van der Waals surface area contributed by atoms with Crippen molar-refractivity contribution in [1.29, 1.82) is 0 Å². The van der Waals surface area contributed by atoms with Crippen LogP contribution in [0.4, 0.5) is 11.4 Å². The Bertz CT molecular complexity index is 762. The monoisotopic (exact) mass is 344 g/mol. The molecule has 0 aromatic heterocycles. The summed E-state index contributed by atoms with van der Waals surface area (Å²) in [6, 6.07) is 11.1. The van der Waals surface area contributed by atoms with Crippen molar-refractivity contribution in [2.24, 2.45) is 0 Å². The van der Waals surface area contributed by atoms with Gasteiger partial charge in [-0.05, 0) is 48.6 Å². The highest BCUT2D eigenvalue weighted by molar-refractivity contribution is 6.45. The molecule has 2 amide bonds. The summed E-state index contributed by atoms with van der Waals surface area (Å²) in [5.41, 5.74) is 3.87. The summed E-state index contributed by atoms with van der Waals surface area (Å²) in [5.74, 6) is -1.24. The Morgan fingerprint density at radius 2 is 1.62 bits per heavy atom. The van der Waals surface area contributed by atoms with Gasteiger partial charge < -0.3 is 10.6 Å². The van der Waals surface area contributed by atoms with Crippen molar-refractivity contribution < 1.29 is 9.59 Å². The molecular formula is C19H21ClN2O2. The van der Waals surface area contributed by atoms with Gasteiger partial charge in [0.25, 0.3) is 0 Å². The van der Waals surface area contributed by atoms with Gasteiger partial charge in [0.1, 0.15) is 0 Å². The molecule has 2 aromatic carbocycles. The molecule has 0 radical (unpaired) electrons. The average Bonchev–Trinajstić information content (AvgIpc) is 2.50. The third-order valence-electron chi connectivity index (χ3n) is 3.71. The molecule has 0 aliphatic carbocycles. The molecule has 0 aliphatic heterocycles. The van der Waals surface area contributed by atoms with E-state index in [1.807, 2.05) is 52.0 Å². The number of halogens is 1. The Morgan fingerprint density at radius 1 is 1.00 bits per heavy atom. The lowest BCUT2D eigenvalue weighted by Crippen LogP contribution is -2.30. The molecule has 0 bridgehead atoms. The highest BCUT2D eigenvalue weighted by atomic mass is 35.5. The highest BCUT2D eigenvalue weighted by Gasteiger charge is 2.18. The molecule has 0 saturated heterocycles. The van der Waals surface area contributed by atoms with E-state index in [2.05, 4.69) is 10.6 Å². The van der Waals surface area contributed by atoms with Gasteiger partial charge in [0.2, 0.25) is 0 Å². The summed E-state index contributed by atoms with van der Waals surface area (Å²) in [7, 11) is 0. The van der Waals surface area contributed by atoms with E-state index in [9.17, 15) is 9.59 Å². The number of carbonyl (C=O) groups excluding carboxylic acids is 2. The molecule has 0 spiro atoms. The molecule has 0 atom stereocenters. The third-order valence-corrected chi connectivity index (χ3v) is 4.01. The van der Waals surface area contributed by atoms with Gasteiger partial charge in [-0.3, -0.25) is 9.59 Å². The summed E-state index contributed by atoms with van der Waals surface area (Å²) in [4.78, 5) is 24.4. The van der Waals surface area contributed by atoms with Crippen molar-refractivity contribution in [3.8, 4) is 0 Å². The van der Waals surface area contributed by atoms with Crippen LogP contribution < -0.4 is 10.6 Å². The number of carbonyl (C=O) groups is 2. The molecule has 2 rings (SSSR count). The lowest BCUT2D eigenvalue weighted by atomic mass is 10.0. The summed E-state index contributed by atoms with van der Waals surface area (Å²) in [6.07, 6.45) is 0. The smallest absolute Gasteiger partial charge is 0.314 e. The fraction of sp³-hybridized carbons (Fsp3) is 0.263. The minimum atomic E-state index is -0.748. The molecule has 4 nitrogen and oxygen atoms in total. The van der Waals surface area contributed by atoms with Gasteiger partial charge in [0.05, 0.1) is 10.7 Å². The lowest BCUT2D eigenvalue weighted by molar-refractivity contribution is -0.133. The van der Waals surface area contributed by atoms with Crippen molar-refractivity contribution in [3.63, 3.8) is 0 Å². The zero-order chi connectivity index (χ0) is 17.9. The molecule has 5 heteroatoms. The Morgan fingerprint density at radius 3 is 2.25 bits per heavy atom. The first-order chi connectivity index (χ1) is 11.3. The number of anilines is 2. The first-order valence-electron chi connectivity index (χ1n) is 7.77. The van der Waals surface area contributed by atoms with Gasteiger partial charge in [0.15, 0.2) is 0 Å². The lowest BCUT2D eigenvalue weighted by Gasteiger charge is -2.14. The summed E-state index contributed by atoms with van der Waals surface area (Å²) in [6.45, 7) is 7.81. The predicted octanol–water partition coefficient (Wildman–Crippen LogP) is 4.66. The third kappa shape index (κ3) is 4.15. The number of hydrogen-bond donors (Lipinski definition) is 2. The van der Waals surface area contributed by atoms with Crippen LogP contribution in [0.1, 0.15) is 36.5 Å². The maximum Gasteiger partial charge on any atom is 0.314 e. The second-order valence-corrected chi connectivity index (χ2v) is 6.50.